The predicted molar refractivity (Wildman–Crippen MR) is 63.0 cm³/mol. The molecule has 0 aromatic heterocycles. The molecule has 2 fully saturated rings. The molecule has 3 heteroatoms. The quantitative estimate of drug-likeness (QED) is 0.771. The maximum atomic E-state index is 12.0. The van der Waals surface area contributed by atoms with Gasteiger partial charge in [0.15, 0.2) is 0 Å². The molecule has 0 radical (unpaired) electrons. The van der Waals surface area contributed by atoms with Crippen LogP contribution in [0.5, 0.6) is 0 Å². The highest BCUT2D eigenvalue weighted by molar-refractivity contribution is 5.82. The molecule has 3 nitrogen and oxygen atoms in total. The second-order valence-corrected chi connectivity index (χ2v) is 5.88. The van der Waals surface area contributed by atoms with Gasteiger partial charge in [0.05, 0.1) is 5.60 Å². The Balaban J connectivity index is 1.83. The minimum atomic E-state index is -0.620. The van der Waals surface area contributed by atoms with Gasteiger partial charge in [0.2, 0.25) is 5.91 Å². The first-order valence-electron chi connectivity index (χ1n) is 6.55. The van der Waals surface area contributed by atoms with Gasteiger partial charge in [-0.2, -0.15) is 0 Å². The number of carbonyl (C=O) groups excluding carboxylic acids is 1. The van der Waals surface area contributed by atoms with Crippen LogP contribution in [0.1, 0.15) is 58.3 Å². The lowest BCUT2D eigenvalue weighted by atomic mass is 9.87. The summed E-state index contributed by atoms with van der Waals surface area (Å²) in [6.07, 6.45) is 8.16. The van der Waals surface area contributed by atoms with Crippen LogP contribution in [0.3, 0.4) is 0 Å². The minimum Gasteiger partial charge on any atom is -0.388 e. The Kier molecular flexibility index (Phi) is 3.24. The third kappa shape index (κ3) is 2.40. The van der Waals surface area contributed by atoms with Crippen molar-refractivity contribution in [3.8, 4) is 0 Å². The summed E-state index contributed by atoms with van der Waals surface area (Å²) in [5, 5.41) is 13.1. The van der Waals surface area contributed by atoms with Gasteiger partial charge in [0.25, 0.3) is 0 Å². The number of rotatable bonds is 3. The molecule has 0 aromatic carbocycles. The predicted octanol–water partition coefficient (Wildman–Crippen LogP) is 1.99. The molecule has 0 aliphatic heterocycles. The summed E-state index contributed by atoms with van der Waals surface area (Å²) in [5.41, 5.74) is -0.792. The van der Waals surface area contributed by atoms with Crippen LogP contribution < -0.4 is 5.32 Å². The van der Waals surface area contributed by atoms with Gasteiger partial charge in [0, 0.05) is 12.0 Å². The fourth-order valence-corrected chi connectivity index (χ4v) is 3.05. The van der Waals surface area contributed by atoms with Crippen LogP contribution in [-0.2, 0) is 4.79 Å². The van der Waals surface area contributed by atoms with Crippen LogP contribution in [0.25, 0.3) is 0 Å². The van der Waals surface area contributed by atoms with Gasteiger partial charge in [-0.05, 0) is 25.7 Å². The van der Waals surface area contributed by atoms with Crippen LogP contribution in [0.15, 0.2) is 0 Å². The highest BCUT2D eigenvalue weighted by Crippen LogP contribution is 2.38. The van der Waals surface area contributed by atoms with E-state index in [1.54, 1.807) is 0 Å². The Labute approximate surface area is 97.6 Å². The Morgan fingerprint density at radius 3 is 2.19 bits per heavy atom. The molecule has 0 spiro atoms. The van der Waals surface area contributed by atoms with Crippen molar-refractivity contribution >= 4 is 5.91 Å². The van der Waals surface area contributed by atoms with Crippen molar-refractivity contribution in [3.05, 3.63) is 0 Å². The van der Waals surface area contributed by atoms with Gasteiger partial charge in [-0.15, -0.1) is 0 Å². The zero-order valence-electron chi connectivity index (χ0n) is 10.2. The van der Waals surface area contributed by atoms with Crippen molar-refractivity contribution < 1.29 is 9.90 Å². The van der Waals surface area contributed by atoms with E-state index in [9.17, 15) is 9.90 Å². The summed E-state index contributed by atoms with van der Waals surface area (Å²) in [4.78, 5) is 12.0. The van der Waals surface area contributed by atoms with E-state index in [-0.39, 0.29) is 11.3 Å². The van der Waals surface area contributed by atoms with Crippen molar-refractivity contribution in [2.75, 3.05) is 6.54 Å². The van der Waals surface area contributed by atoms with E-state index in [0.29, 0.717) is 6.54 Å². The molecule has 2 N–H and O–H groups in total. The number of hydrogen-bond acceptors (Lipinski definition) is 2. The second-order valence-electron chi connectivity index (χ2n) is 5.88. The van der Waals surface area contributed by atoms with Crippen molar-refractivity contribution in [1.82, 2.24) is 5.32 Å². The number of hydrogen-bond donors (Lipinski definition) is 2. The number of nitrogens with one attached hydrogen (secondary N) is 1. The van der Waals surface area contributed by atoms with Gasteiger partial charge < -0.3 is 10.4 Å². The molecule has 2 aliphatic rings. The molecule has 2 rings (SSSR count). The summed E-state index contributed by atoms with van der Waals surface area (Å²) >= 11 is 0. The van der Waals surface area contributed by atoms with Gasteiger partial charge in [-0.1, -0.05) is 32.6 Å². The van der Waals surface area contributed by atoms with E-state index in [4.69, 9.17) is 0 Å². The van der Waals surface area contributed by atoms with Crippen molar-refractivity contribution in [1.29, 1.82) is 0 Å². The first kappa shape index (κ1) is 11.9. The van der Waals surface area contributed by atoms with E-state index in [1.807, 2.05) is 6.92 Å². The normalized spacial score (nSPS) is 26.9. The lowest BCUT2D eigenvalue weighted by Crippen LogP contribution is -2.45. The average molecular weight is 225 g/mol. The summed E-state index contributed by atoms with van der Waals surface area (Å²) in [7, 11) is 0. The first-order chi connectivity index (χ1) is 7.54. The molecule has 0 heterocycles. The SMILES string of the molecule is CC1(C(=O)NCC2(O)CCCC2)CCCC1. The molecule has 0 atom stereocenters. The Hall–Kier alpha value is -0.570. The topological polar surface area (TPSA) is 49.3 Å². The highest BCUT2D eigenvalue weighted by atomic mass is 16.3. The van der Waals surface area contributed by atoms with E-state index in [1.165, 1.54) is 0 Å². The standard InChI is InChI=1S/C13H23NO2/c1-12(6-2-3-7-12)11(15)14-10-13(16)8-4-5-9-13/h16H,2-10H2,1H3,(H,14,15). The number of aliphatic hydroxyl groups is 1. The Bertz CT molecular complexity index is 263. The summed E-state index contributed by atoms with van der Waals surface area (Å²) in [5.74, 6) is 0.144. The van der Waals surface area contributed by atoms with E-state index in [2.05, 4.69) is 5.32 Å². The molecule has 16 heavy (non-hydrogen) atoms. The molecular weight excluding hydrogens is 202 g/mol. The van der Waals surface area contributed by atoms with Gasteiger partial charge in [-0.25, -0.2) is 0 Å². The van der Waals surface area contributed by atoms with Crippen LogP contribution >= 0.6 is 0 Å². The van der Waals surface area contributed by atoms with Crippen molar-refractivity contribution in [3.63, 3.8) is 0 Å². The molecule has 0 unspecified atom stereocenters. The van der Waals surface area contributed by atoms with E-state index >= 15 is 0 Å². The summed E-state index contributed by atoms with van der Waals surface area (Å²) in [6, 6.07) is 0. The third-order valence-corrected chi connectivity index (χ3v) is 4.37. The van der Waals surface area contributed by atoms with Crippen LogP contribution in [-0.4, -0.2) is 23.2 Å². The summed E-state index contributed by atoms with van der Waals surface area (Å²) < 4.78 is 0. The fraction of sp³-hybridized carbons (Fsp3) is 0.923. The molecule has 92 valence electrons. The monoisotopic (exact) mass is 225 g/mol. The van der Waals surface area contributed by atoms with Crippen molar-refractivity contribution in [2.45, 2.75) is 63.9 Å². The summed E-state index contributed by atoms with van der Waals surface area (Å²) in [6.45, 7) is 2.50. The fourth-order valence-electron chi connectivity index (χ4n) is 3.05. The third-order valence-electron chi connectivity index (χ3n) is 4.37. The lowest BCUT2D eigenvalue weighted by Gasteiger charge is -2.27. The zero-order chi connectivity index (χ0) is 11.6. The maximum Gasteiger partial charge on any atom is 0.226 e. The molecule has 0 aromatic rings. The lowest BCUT2D eigenvalue weighted by molar-refractivity contribution is -0.131. The average Bonchev–Trinajstić information content (AvgIpc) is 2.86. The highest BCUT2D eigenvalue weighted by Gasteiger charge is 2.38. The van der Waals surface area contributed by atoms with E-state index < -0.39 is 5.60 Å². The minimum absolute atomic E-state index is 0.144. The molecular formula is C13H23NO2. The maximum absolute atomic E-state index is 12.0. The second kappa shape index (κ2) is 4.36. The van der Waals surface area contributed by atoms with Crippen LogP contribution in [0, 0.1) is 5.41 Å². The molecule has 0 bridgehead atoms. The van der Waals surface area contributed by atoms with E-state index in [0.717, 1.165) is 51.4 Å². The molecule has 2 aliphatic carbocycles. The molecule has 0 saturated heterocycles. The molecule has 2 saturated carbocycles. The van der Waals surface area contributed by atoms with Crippen LogP contribution in [0.2, 0.25) is 0 Å². The van der Waals surface area contributed by atoms with Gasteiger partial charge in [0.1, 0.15) is 0 Å². The van der Waals surface area contributed by atoms with Gasteiger partial charge >= 0.3 is 0 Å². The van der Waals surface area contributed by atoms with Crippen LogP contribution in [0.4, 0.5) is 0 Å². The smallest absolute Gasteiger partial charge is 0.226 e. The Morgan fingerprint density at radius 1 is 1.12 bits per heavy atom. The number of carbonyl (C=O) groups is 1. The molecule has 1 amide bonds. The number of amides is 1. The van der Waals surface area contributed by atoms with Gasteiger partial charge in [-0.3, -0.25) is 4.79 Å². The first-order valence-corrected chi connectivity index (χ1v) is 6.55. The Morgan fingerprint density at radius 2 is 1.62 bits per heavy atom. The zero-order valence-corrected chi connectivity index (χ0v) is 10.2. The largest absolute Gasteiger partial charge is 0.388 e. The van der Waals surface area contributed by atoms with Crippen molar-refractivity contribution in [2.24, 2.45) is 5.41 Å².